The molecule has 0 heterocycles. The van der Waals surface area contributed by atoms with Gasteiger partial charge in [-0.3, -0.25) is 10.1 Å². The van der Waals surface area contributed by atoms with E-state index in [-0.39, 0.29) is 0 Å². The minimum atomic E-state index is -0.850. The summed E-state index contributed by atoms with van der Waals surface area (Å²) < 4.78 is 5.52. The van der Waals surface area contributed by atoms with Gasteiger partial charge in [0.2, 0.25) is 0 Å². The SMILES string of the molecule is CCC(O)c1ccccc1OC(C)C(=O)NC(=O)NC. The Morgan fingerprint density at radius 2 is 2.00 bits per heavy atom. The van der Waals surface area contributed by atoms with Gasteiger partial charge >= 0.3 is 6.03 Å². The van der Waals surface area contributed by atoms with Gasteiger partial charge in [-0.05, 0) is 19.4 Å². The summed E-state index contributed by atoms with van der Waals surface area (Å²) in [6.07, 6.45) is -0.961. The van der Waals surface area contributed by atoms with Crippen LogP contribution in [0, 0.1) is 0 Å². The van der Waals surface area contributed by atoms with Gasteiger partial charge < -0.3 is 15.2 Å². The number of aliphatic hydroxyl groups is 1. The molecule has 0 aromatic heterocycles. The molecule has 1 rings (SSSR count). The second-order valence-electron chi connectivity index (χ2n) is 4.29. The number of carbonyl (C=O) groups is 2. The fourth-order valence-electron chi connectivity index (χ4n) is 1.60. The van der Waals surface area contributed by atoms with Crippen molar-refractivity contribution in [1.82, 2.24) is 10.6 Å². The minimum Gasteiger partial charge on any atom is -0.481 e. The summed E-state index contributed by atoms with van der Waals surface area (Å²) in [5.74, 6) is -0.119. The first-order valence-corrected chi connectivity index (χ1v) is 6.45. The zero-order valence-corrected chi connectivity index (χ0v) is 11.8. The van der Waals surface area contributed by atoms with E-state index in [4.69, 9.17) is 4.74 Å². The van der Waals surface area contributed by atoms with Gasteiger partial charge in [0, 0.05) is 12.6 Å². The van der Waals surface area contributed by atoms with Crippen LogP contribution in [0.25, 0.3) is 0 Å². The number of ether oxygens (including phenoxy) is 1. The van der Waals surface area contributed by atoms with Crippen LogP contribution in [0.1, 0.15) is 31.9 Å². The molecule has 2 atom stereocenters. The molecule has 0 bridgehead atoms. The summed E-state index contributed by atoms with van der Waals surface area (Å²) in [7, 11) is 1.42. The molecular formula is C14H20N2O4. The number of amides is 3. The van der Waals surface area contributed by atoms with Crippen molar-refractivity contribution in [3.05, 3.63) is 29.8 Å². The Kier molecular flexibility index (Phi) is 5.99. The fraction of sp³-hybridized carbons (Fsp3) is 0.429. The van der Waals surface area contributed by atoms with Crippen molar-refractivity contribution in [2.45, 2.75) is 32.5 Å². The standard InChI is InChI=1S/C14H20N2O4/c1-4-11(17)10-7-5-6-8-12(10)20-9(2)13(18)16-14(19)15-3/h5-9,11,17H,4H2,1-3H3,(H2,15,16,18,19). The Morgan fingerprint density at radius 1 is 1.35 bits per heavy atom. The van der Waals surface area contributed by atoms with Gasteiger partial charge in [0.05, 0.1) is 6.10 Å². The monoisotopic (exact) mass is 280 g/mol. The number of imide groups is 1. The maximum atomic E-state index is 11.7. The number of benzene rings is 1. The smallest absolute Gasteiger partial charge is 0.321 e. The van der Waals surface area contributed by atoms with E-state index >= 15 is 0 Å². The maximum Gasteiger partial charge on any atom is 0.321 e. The summed E-state index contributed by atoms with van der Waals surface area (Å²) in [6, 6.07) is 6.37. The first kappa shape index (κ1) is 16.0. The molecule has 0 fully saturated rings. The van der Waals surface area contributed by atoms with Crippen molar-refractivity contribution >= 4 is 11.9 Å². The highest BCUT2D eigenvalue weighted by Gasteiger charge is 2.19. The molecule has 0 saturated heterocycles. The third-order valence-corrected chi connectivity index (χ3v) is 2.80. The molecule has 1 aromatic carbocycles. The third-order valence-electron chi connectivity index (χ3n) is 2.80. The molecule has 110 valence electrons. The van der Waals surface area contributed by atoms with Crippen LogP contribution < -0.4 is 15.4 Å². The van der Waals surface area contributed by atoms with Gasteiger partial charge in [0.1, 0.15) is 5.75 Å². The maximum absolute atomic E-state index is 11.7. The second-order valence-corrected chi connectivity index (χ2v) is 4.29. The summed E-state index contributed by atoms with van der Waals surface area (Å²) in [6.45, 7) is 3.39. The number of hydrogen-bond acceptors (Lipinski definition) is 4. The van der Waals surface area contributed by atoms with Crippen molar-refractivity contribution < 1.29 is 19.4 Å². The molecular weight excluding hydrogens is 260 g/mol. The van der Waals surface area contributed by atoms with E-state index in [0.717, 1.165) is 0 Å². The van der Waals surface area contributed by atoms with Crippen LogP contribution in [-0.4, -0.2) is 30.2 Å². The van der Waals surface area contributed by atoms with E-state index in [9.17, 15) is 14.7 Å². The zero-order valence-electron chi connectivity index (χ0n) is 11.8. The fourth-order valence-corrected chi connectivity index (χ4v) is 1.60. The first-order valence-electron chi connectivity index (χ1n) is 6.45. The predicted molar refractivity (Wildman–Crippen MR) is 74.4 cm³/mol. The van der Waals surface area contributed by atoms with Crippen LogP contribution >= 0.6 is 0 Å². The van der Waals surface area contributed by atoms with E-state index in [2.05, 4.69) is 10.6 Å². The Balaban J connectivity index is 2.77. The highest BCUT2D eigenvalue weighted by Crippen LogP contribution is 2.27. The molecule has 0 saturated carbocycles. The molecule has 1 aromatic rings. The first-order chi connectivity index (χ1) is 9.49. The molecule has 20 heavy (non-hydrogen) atoms. The predicted octanol–water partition coefficient (Wildman–Crippen LogP) is 1.35. The minimum absolute atomic E-state index is 0.432. The van der Waals surface area contributed by atoms with Gasteiger partial charge in [-0.2, -0.15) is 0 Å². The highest BCUT2D eigenvalue weighted by atomic mass is 16.5. The van der Waals surface area contributed by atoms with Crippen molar-refractivity contribution in [2.75, 3.05) is 7.05 Å². The number of rotatable bonds is 5. The van der Waals surface area contributed by atoms with E-state index < -0.39 is 24.1 Å². The van der Waals surface area contributed by atoms with Crippen molar-refractivity contribution in [2.24, 2.45) is 0 Å². The highest BCUT2D eigenvalue weighted by molar-refractivity contribution is 5.96. The third kappa shape index (κ3) is 4.24. The molecule has 6 heteroatoms. The normalized spacial score (nSPS) is 13.2. The van der Waals surface area contributed by atoms with Crippen molar-refractivity contribution in [3.63, 3.8) is 0 Å². The molecule has 0 aliphatic rings. The number of urea groups is 1. The van der Waals surface area contributed by atoms with Crippen LogP contribution in [0.2, 0.25) is 0 Å². The number of hydrogen-bond donors (Lipinski definition) is 3. The van der Waals surface area contributed by atoms with Gasteiger partial charge in [0.25, 0.3) is 5.91 Å². The summed E-state index contributed by atoms with van der Waals surface area (Å²) in [5, 5.41) is 14.3. The second kappa shape index (κ2) is 7.49. The van der Waals surface area contributed by atoms with Crippen LogP contribution in [0.15, 0.2) is 24.3 Å². The molecule has 0 radical (unpaired) electrons. The van der Waals surface area contributed by atoms with Crippen LogP contribution in [-0.2, 0) is 4.79 Å². The average Bonchev–Trinajstić information content (AvgIpc) is 2.46. The average molecular weight is 280 g/mol. The topological polar surface area (TPSA) is 87.7 Å². The summed E-state index contributed by atoms with van der Waals surface area (Å²) >= 11 is 0. The molecule has 0 aliphatic carbocycles. The van der Waals surface area contributed by atoms with Gasteiger partial charge in [-0.1, -0.05) is 25.1 Å². The Labute approximate surface area is 118 Å². The van der Waals surface area contributed by atoms with Crippen LogP contribution in [0.5, 0.6) is 5.75 Å². The zero-order chi connectivity index (χ0) is 15.1. The summed E-state index contributed by atoms with van der Waals surface area (Å²) in [4.78, 5) is 22.8. The molecule has 0 spiro atoms. The molecule has 3 N–H and O–H groups in total. The number of para-hydroxylation sites is 1. The Hall–Kier alpha value is -2.08. The van der Waals surface area contributed by atoms with E-state index in [0.29, 0.717) is 17.7 Å². The Morgan fingerprint density at radius 3 is 2.60 bits per heavy atom. The van der Waals surface area contributed by atoms with Crippen molar-refractivity contribution in [1.29, 1.82) is 0 Å². The van der Waals surface area contributed by atoms with Gasteiger partial charge in [-0.15, -0.1) is 0 Å². The quantitative estimate of drug-likeness (QED) is 0.759. The molecule has 6 nitrogen and oxygen atoms in total. The lowest BCUT2D eigenvalue weighted by Gasteiger charge is -2.18. The molecule has 2 unspecified atom stereocenters. The lowest BCUT2D eigenvalue weighted by molar-refractivity contribution is -0.126. The van der Waals surface area contributed by atoms with Gasteiger partial charge in [0.15, 0.2) is 6.10 Å². The van der Waals surface area contributed by atoms with E-state index in [1.165, 1.54) is 14.0 Å². The summed E-state index contributed by atoms with van der Waals surface area (Å²) in [5.41, 5.74) is 0.620. The Bertz CT molecular complexity index is 476. The van der Waals surface area contributed by atoms with E-state index in [1.807, 2.05) is 6.92 Å². The molecule has 0 aliphatic heterocycles. The number of carbonyl (C=O) groups excluding carboxylic acids is 2. The lowest BCUT2D eigenvalue weighted by atomic mass is 10.1. The number of aliphatic hydroxyl groups excluding tert-OH is 1. The van der Waals surface area contributed by atoms with Crippen molar-refractivity contribution in [3.8, 4) is 5.75 Å². The lowest BCUT2D eigenvalue weighted by Crippen LogP contribution is -2.44. The molecule has 3 amide bonds. The number of nitrogens with one attached hydrogen (secondary N) is 2. The van der Waals surface area contributed by atoms with Crippen LogP contribution in [0.3, 0.4) is 0 Å². The van der Waals surface area contributed by atoms with E-state index in [1.54, 1.807) is 24.3 Å². The largest absolute Gasteiger partial charge is 0.481 e. The van der Waals surface area contributed by atoms with Crippen LogP contribution in [0.4, 0.5) is 4.79 Å². The van der Waals surface area contributed by atoms with Gasteiger partial charge in [-0.25, -0.2) is 4.79 Å².